The van der Waals surface area contributed by atoms with Crippen LogP contribution in [0.3, 0.4) is 0 Å². The van der Waals surface area contributed by atoms with Crippen molar-refractivity contribution in [1.82, 2.24) is 0 Å². The molecule has 5 fully saturated rings. The first-order valence-electron chi connectivity index (χ1n) is 12.8. The van der Waals surface area contributed by atoms with Gasteiger partial charge in [0.1, 0.15) is 30.5 Å². The summed E-state index contributed by atoms with van der Waals surface area (Å²) in [5, 5.41) is 11.8. The summed E-state index contributed by atoms with van der Waals surface area (Å²) in [6.07, 6.45) is 1.60. The normalized spacial score (nSPS) is 48.3. The van der Waals surface area contributed by atoms with Crippen LogP contribution in [0.15, 0.2) is 0 Å². The molecule has 8 atom stereocenters. The number of aliphatic hydroxyl groups excluding tert-OH is 1. The number of cyclic esters (lactones) is 1. The van der Waals surface area contributed by atoms with Crippen LogP contribution in [0.2, 0.25) is 0 Å². The monoisotopic (exact) mass is 494 g/mol. The summed E-state index contributed by atoms with van der Waals surface area (Å²) >= 11 is 0. The Balaban J connectivity index is 1.64. The molecule has 8 unspecified atom stereocenters. The lowest BCUT2D eigenvalue weighted by Gasteiger charge is -2.70. The molecule has 3 saturated heterocycles. The maximum Gasteiger partial charge on any atom is 0.308 e. The molecule has 0 bridgehead atoms. The Hall–Kier alpha value is -1.71. The van der Waals surface area contributed by atoms with Crippen LogP contribution in [0.25, 0.3) is 0 Å². The number of ether oxygens (including phenoxy) is 5. The van der Waals surface area contributed by atoms with Gasteiger partial charge in [-0.05, 0) is 25.7 Å². The fraction of sp³-hybridized carbons (Fsp3) is 0.885. The molecule has 9 nitrogen and oxygen atoms in total. The molecule has 196 valence electrons. The smallest absolute Gasteiger partial charge is 0.308 e. The summed E-state index contributed by atoms with van der Waals surface area (Å²) in [6.45, 7) is 9.59. The first-order chi connectivity index (χ1) is 16.3. The van der Waals surface area contributed by atoms with Crippen molar-refractivity contribution in [2.45, 2.75) is 102 Å². The first kappa shape index (κ1) is 25.0. The second-order valence-electron chi connectivity index (χ2n) is 12.2. The molecule has 5 rings (SSSR count). The molecule has 0 aromatic rings. The third-order valence-electron chi connectivity index (χ3n) is 9.96. The van der Waals surface area contributed by atoms with Gasteiger partial charge in [0.15, 0.2) is 0 Å². The zero-order valence-electron chi connectivity index (χ0n) is 21.4. The largest absolute Gasteiger partial charge is 0.465 e. The van der Waals surface area contributed by atoms with Gasteiger partial charge in [-0.15, -0.1) is 0 Å². The van der Waals surface area contributed by atoms with E-state index in [4.69, 9.17) is 23.7 Å². The van der Waals surface area contributed by atoms with Crippen LogP contribution >= 0.6 is 0 Å². The molecule has 3 aliphatic heterocycles. The number of aliphatic hydroxyl groups is 1. The van der Waals surface area contributed by atoms with Crippen molar-refractivity contribution >= 4 is 17.9 Å². The number of hydrogen-bond donors (Lipinski definition) is 1. The van der Waals surface area contributed by atoms with Crippen LogP contribution in [0.5, 0.6) is 0 Å². The zero-order chi connectivity index (χ0) is 25.4. The summed E-state index contributed by atoms with van der Waals surface area (Å²) < 4.78 is 30.1. The highest BCUT2D eigenvalue weighted by atomic mass is 16.6. The number of hydrogen-bond acceptors (Lipinski definition) is 9. The van der Waals surface area contributed by atoms with E-state index >= 15 is 0 Å². The molecular weight excluding hydrogens is 456 g/mol. The van der Waals surface area contributed by atoms with Gasteiger partial charge in [-0.1, -0.05) is 27.2 Å². The molecule has 9 heteroatoms. The Kier molecular flexibility index (Phi) is 5.63. The fourth-order valence-corrected chi connectivity index (χ4v) is 7.94. The third kappa shape index (κ3) is 3.40. The van der Waals surface area contributed by atoms with Gasteiger partial charge >= 0.3 is 17.9 Å². The molecule has 0 radical (unpaired) electrons. The van der Waals surface area contributed by atoms with Crippen LogP contribution in [0.1, 0.15) is 73.1 Å². The van der Waals surface area contributed by atoms with Crippen molar-refractivity contribution in [3.05, 3.63) is 0 Å². The van der Waals surface area contributed by atoms with Crippen LogP contribution in [-0.2, 0) is 38.1 Å². The Morgan fingerprint density at radius 2 is 1.91 bits per heavy atom. The Morgan fingerprint density at radius 1 is 1.20 bits per heavy atom. The highest BCUT2D eigenvalue weighted by Gasteiger charge is 2.80. The van der Waals surface area contributed by atoms with Gasteiger partial charge in [-0.25, -0.2) is 0 Å². The minimum atomic E-state index is -0.918. The molecule has 2 saturated carbocycles. The Morgan fingerprint density at radius 3 is 2.49 bits per heavy atom. The molecule has 2 spiro atoms. The lowest BCUT2D eigenvalue weighted by molar-refractivity contribution is -0.350. The van der Waals surface area contributed by atoms with Gasteiger partial charge in [0.25, 0.3) is 0 Å². The minimum absolute atomic E-state index is 0.0498. The standard InChI is InChI=1S/C26H38O9/c1-15(2)21(30)34-19-10-22(4)23(5,18(28)9-24(35-22)11-20(29)32-12-24)17-7-6-8-25(13-33-25)26(17,19)14-31-16(3)27/h15,17-19,28H,6-14H2,1-5H3. The Bertz CT molecular complexity index is 928. The summed E-state index contributed by atoms with van der Waals surface area (Å²) in [6, 6.07) is 0. The number of rotatable bonds is 4. The molecule has 2 aliphatic carbocycles. The van der Waals surface area contributed by atoms with Crippen LogP contribution < -0.4 is 0 Å². The van der Waals surface area contributed by atoms with Crippen molar-refractivity contribution in [2.75, 3.05) is 19.8 Å². The molecule has 0 amide bonds. The quantitative estimate of drug-likeness (QED) is 0.356. The van der Waals surface area contributed by atoms with E-state index in [0.717, 1.165) is 19.3 Å². The third-order valence-corrected chi connectivity index (χ3v) is 9.96. The predicted octanol–water partition coefficient (Wildman–Crippen LogP) is 2.31. The lowest BCUT2D eigenvalue weighted by Crippen LogP contribution is -2.77. The van der Waals surface area contributed by atoms with E-state index < -0.39 is 45.8 Å². The number of epoxide rings is 1. The summed E-state index contributed by atoms with van der Waals surface area (Å²) in [5.41, 5.74) is -3.98. The van der Waals surface area contributed by atoms with Gasteiger partial charge in [0, 0.05) is 25.2 Å². The summed E-state index contributed by atoms with van der Waals surface area (Å²) in [4.78, 5) is 37.1. The number of carbonyl (C=O) groups is 3. The topological polar surface area (TPSA) is 121 Å². The molecule has 0 aromatic heterocycles. The predicted molar refractivity (Wildman–Crippen MR) is 121 cm³/mol. The summed E-state index contributed by atoms with van der Waals surface area (Å²) in [7, 11) is 0. The SMILES string of the molecule is CC(=O)OCC12C(OC(=O)C(C)C)CC3(C)OC4(COC(=O)C4)CC(O)C3(C)C1CCCC21CO1. The average Bonchev–Trinajstić information content (AvgIpc) is 3.45. The maximum absolute atomic E-state index is 13.0. The van der Waals surface area contributed by atoms with E-state index in [2.05, 4.69) is 0 Å². The van der Waals surface area contributed by atoms with E-state index in [1.807, 2.05) is 13.8 Å². The van der Waals surface area contributed by atoms with E-state index in [0.29, 0.717) is 6.61 Å². The van der Waals surface area contributed by atoms with Gasteiger partial charge < -0.3 is 28.8 Å². The van der Waals surface area contributed by atoms with Crippen molar-refractivity contribution in [3.8, 4) is 0 Å². The van der Waals surface area contributed by atoms with E-state index in [-0.39, 0.29) is 56.3 Å². The van der Waals surface area contributed by atoms with Crippen LogP contribution in [0.4, 0.5) is 0 Å². The fourth-order valence-electron chi connectivity index (χ4n) is 7.94. The number of esters is 3. The average molecular weight is 495 g/mol. The van der Waals surface area contributed by atoms with E-state index in [1.54, 1.807) is 13.8 Å². The molecular formula is C26H38O9. The van der Waals surface area contributed by atoms with E-state index in [1.165, 1.54) is 6.92 Å². The maximum atomic E-state index is 13.0. The molecule has 35 heavy (non-hydrogen) atoms. The van der Waals surface area contributed by atoms with Crippen molar-refractivity contribution in [3.63, 3.8) is 0 Å². The van der Waals surface area contributed by atoms with Crippen LogP contribution in [-0.4, -0.2) is 71.8 Å². The van der Waals surface area contributed by atoms with Crippen LogP contribution in [0, 0.1) is 22.7 Å². The minimum Gasteiger partial charge on any atom is -0.465 e. The second-order valence-corrected chi connectivity index (χ2v) is 12.2. The van der Waals surface area contributed by atoms with Gasteiger partial charge in [0.2, 0.25) is 0 Å². The summed E-state index contributed by atoms with van der Waals surface area (Å²) in [5.74, 6) is -1.64. The number of fused-ring (bicyclic) bond motifs is 4. The zero-order valence-corrected chi connectivity index (χ0v) is 21.4. The van der Waals surface area contributed by atoms with Gasteiger partial charge in [-0.3, -0.25) is 14.4 Å². The highest BCUT2D eigenvalue weighted by Crippen LogP contribution is 2.72. The highest BCUT2D eigenvalue weighted by molar-refractivity contribution is 5.73. The van der Waals surface area contributed by atoms with Crippen molar-refractivity contribution in [2.24, 2.45) is 22.7 Å². The van der Waals surface area contributed by atoms with Crippen molar-refractivity contribution in [1.29, 1.82) is 0 Å². The van der Waals surface area contributed by atoms with E-state index in [9.17, 15) is 19.5 Å². The second kappa shape index (κ2) is 7.89. The molecule has 1 N–H and O–H groups in total. The lowest BCUT2D eigenvalue weighted by atomic mass is 9.40. The molecule has 0 aromatic carbocycles. The molecule has 5 aliphatic rings. The van der Waals surface area contributed by atoms with Crippen molar-refractivity contribution < 1.29 is 43.2 Å². The van der Waals surface area contributed by atoms with Gasteiger partial charge in [0.05, 0.1) is 36.1 Å². The number of carbonyl (C=O) groups excluding carboxylic acids is 3. The first-order valence-corrected chi connectivity index (χ1v) is 12.8. The molecule has 3 heterocycles. The Labute approximate surface area is 206 Å². The van der Waals surface area contributed by atoms with Gasteiger partial charge in [-0.2, -0.15) is 0 Å².